The van der Waals surface area contributed by atoms with Crippen LogP contribution >= 0.6 is 0 Å². The first-order valence-corrected chi connectivity index (χ1v) is 23.2. The van der Waals surface area contributed by atoms with Crippen molar-refractivity contribution in [1.29, 1.82) is 0 Å². The standard InChI is InChI=1S/C47H90O6/c1-6-7-8-9-10-11-17-23-29-34-39-47(50)53-44(41-52-46(49)38-33-28-24-19-21-26-31-36-43(4)5)40-51-45(48)37-32-27-22-18-15-13-12-14-16-20-25-30-35-42(2)3/h42-44H,6-41H2,1-5H3/t44-/m0/s1. The van der Waals surface area contributed by atoms with Crippen molar-refractivity contribution >= 4 is 17.9 Å². The molecule has 0 aliphatic rings. The summed E-state index contributed by atoms with van der Waals surface area (Å²) in [7, 11) is 0. The van der Waals surface area contributed by atoms with Gasteiger partial charge in [-0.2, -0.15) is 0 Å². The summed E-state index contributed by atoms with van der Waals surface area (Å²) in [6.07, 6.45) is 38.1. The molecule has 0 aromatic carbocycles. The molecular weight excluding hydrogens is 661 g/mol. The summed E-state index contributed by atoms with van der Waals surface area (Å²) in [5.74, 6) is 0.756. The number of esters is 3. The Morgan fingerprint density at radius 2 is 0.623 bits per heavy atom. The first-order chi connectivity index (χ1) is 25.7. The molecule has 0 aromatic heterocycles. The van der Waals surface area contributed by atoms with Gasteiger partial charge in [0.15, 0.2) is 6.10 Å². The van der Waals surface area contributed by atoms with Gasteiger partial charge in [0, 0.05) is 19.3 Å². The lowest BCUT2D eigenvalue weighted by Crippen LogP contribution is -2.30. The van der Waals surface area contributed by atoms with Crippen molar-refractivity contribution in [3.05, 3.63) is 0 Å². The van der Waals surface area contributed by atoms with Crippen LogP contribution in [0.25, 0.3) is 0 Å². The number of carbonyl (C=O) groups is 3. The molecule has 6 nitrogen and oxygen atoms in total. The van der Waals surface area contributed by atoms with Crippen LogP contribution in [0.1, 0.15) is 253 Å². The molecule has 0 aliphatic heterocycles. The van der Waals surface area contributed by atoms with E-state index in [-0.39, 0.29) is 31.1 Å². The molecule has 0 N–H and O–H groups in total. The molecule has 1 atom stereocenters. The normalized spacial score (nSPS) is 12.1. The summed E-state index contributed by atoms with van der Waals surface area (Å²) in [6.45, 7) is 11.3. The zero-order valence-corrected chi connectivity index (χ0v) is 36.1. The smallest absolute Gasteiger partial charge is 0.306 e. The van der Waals surface area contributed by atoms with E-state index in [1.807, 2.05) is 0 Å². The number of rotatable bonds is 41. The van der Waals surface area contributed by atoms with E-state index in [1.165, 1.54) is 141 Å². The number of hydrogen-bond acceptors (Lipinski definition) is 6. The molecule has 0 unspecified atom stereocenters. The fourth-order valence-corrected chi connectivity index (χ4v) is 6.93. The van der Waals surface area contributed by atoms with Crippen molar-refractivity contribution in [2.45, 2.75) is 259 Å². The first kappa shape index (κ1) is 51.4. The fourth-order valence-electron chi connectivity index (χ4n) is 6.93. The van der Waals surface area contributed by atoms with E-state index in [0.717, 1.165) is 69.6 Å². The monoisotopic (exact) mass is 751 g/mol. The largest absolute Gasteiger partial charge is 0.462 e. The van der Waals surface area contributed by atoms with Gasteiger partial charge in [-0.3, -0.25) is 14.4 Å². The molecule has 0 bridgehead atoms. The SMILES string of the molecule is CCCCCCCCCCCCC(=O)O[C@@H](COC(=O)CCCCCCCCCCCCCCC(C)C)COC(=O)CCCCCCCCCC(C)C. The fraction of sp³-hybridized carbons (Fsp3) is 0.936. The van der Waals surface area contributed by atoms with E-state index in [1.54, 1.807) is 0 Å². The van der Waals surface area contributed by atoms with E-state index in [0.29, 0.717) is 19.3 Å². The summed E-state index contributed by atoms with van der Waals surface area (Å²) in [5.41, 5.74) is 0. The van der Waals surface area contributed by atoms with E-state index in [4.69, 9.17) is 14.2 Å². The second-order valence-corrected chi connectivity index (χ2v) is 17.0. The average Bonchev–Trinajstić information content (AvgIpc) is 3.12. The summed E-state index contributed by atoms with van der Waals surface area (Å²) >= 11 is 0. The highest BCUT2D eigenvalue weighted by molar-refractivity contribution is 5.71. The summed E-state index contributed by atoms with van der Waals surface area (Å²) in [5, 5.41) is 0. The highest BCUT2D eigenvalue weighted by atomic mass is 16.6. The second kappa shape index (κ2) is 40.1. The molecule has 0 radical (unpaired) electrons. The van der Waals surface area contributed by atoms with Gasteiger partial charge in [0.2, 0.25) is 0 Å². The lowest BCUT2D eigenvalue weighted by atomic mass is 10.0. The molecule has 0 aromatic rings. The zero-order valence-electron chi connectivity index (χ0n) is 36.1. The Morgan fingerprint density at radius 1 is 0.358 bits per heavy atom. The van der Waals surface area contributed by atoms with Gasteiger partial charge in [-0.1, -0.05) is 214 Å². The minimum Gasteiger partial charge on any atom is -0.462 e. The maximum absolute atomic E-state index is 12.7. The molecule has 0 saturated heterocycles. The molecule has 6 heteroatoms. The maximum atomic E-state index is 12.7. The molecule has 0 saturated carbocycles. The van der Waals surface area contributed by atoms with Crippen molar-refractivity contribution in [2.75, 3.05) is 13.2 Å². The Morgan fingerprint density at radius 3 is 0.925 bits per heavy atom. The van der Waals surface area contributed by atoms with Gasteiger partial charge in [0.25, 0.3) is 0 Å². The van der Waals surface area contributed by atoms with Gasteiger partial charge >= 0.3 is 17.9 Å². The minimum absolute atomic E-state index is 0.0651. The van der Waals surface area contributed by atoms with Crippen molar-refractivity contribution in [3.63, 3.8) is 0 Å². The number of ether oxygens (including phenoxy) is 3. The molecule has 314 valence electrons. The van der Waals surface area contributed by atoms with Crippen LogP contribution in [0.2, 0.25) is 0 Å². The summed E-state index contributed by atoms with van der Waals surface area (Å²) < 4.78 is 16.7. The predicted molar refractivity (Wildman–Crippen MR) is 224 cm³/mol. The van der Waals surface area contributed by atoms with E-state index < -0.39 is 6.10 Å². The lowest BCUT2D eigenvalue weighted by Gasteiger charge is -2.18. The first-order valence-electron chi connectivity index (χ1n) is 23.2. The van der Waals surface area contributed by atoms with Crippen LogP contribution in [0, 0.1) is 11.8 Å². The Bertz CT molecular complexity index is 809. The van der Waals surface area contributed by atoms with Gasteiger partial charge in [0.1, 0.15) is 13.2 Å². The van der Waals surface area contributed by atoms with Crippen LogP contribution in [0.4, 0.5) is 0 Å². The number of hydrogen-bond donors (Lipinski definition) is 0. The Kier molecular flexibility index (Phi) is 38.9. The molecule has 0 fully saturated rings. The second-order valence-electron chi connectivity index (χ2n) is 17.0. The molecule has 0 aliphatic carbocycles. The molecule has 0 heterocycles. The zero-order chi connectivity index (χ0) is 39.0. The lowest BCUT2D eigenvalue weighted by molar-refractivity contribution is -0.167. The third kappa shape index (κ3) is 41.4. The summed E-state index contributed by atoms with van der Waals surface area (Å²) in [6, 6.07) is 0. The van der Waals surface area contributed by atoms with Crippen molar-refractivity contribution in [1.82, 2.24) is 0 Å². The Hall–Kier alpha value is -1.59. The van der Waals surface area contributed by atoms with E-state index in [9.17, 15) is 14.4 Å². The quantitative estimate of drug-likeness (QED) is 0.0352. The van der Waals surface area contributed by atoms with Crippen molar-refractivity contribution in [2.24, 2.45) is 11.8 Å². The summed E-state index contributed by atoms with van der Waals surface area (Å²) in [4.78, 5) is 37.7. The van der Waals surface area contributed by atoms with Crippen LogP contribution in [0.5, 0.6) is 0 Å². The van der Waals surface area contributed by atoms with Gasteiger partial charge < -0.3 is 14.2 Å². The van der Waals surface area contributed by atoms with E-state index in [2.05, 4.69) is 34.6 Å². The van der Waals surface area contributed by atoms with Crippen LogP contribution in [-0.4, -0.2) is 37.2 Å². The Balaban J connectivity index is 4.29. The topological polar surface area (TPSA) is 78.9 Å². The predicted octanol–water partition coefficient (Wildman–Crippen LogP) is 14.6. The highest BCUT2D eigenvalue weighted by Crippen LogP contribution is 2.16. The third-order valence-corrected chi connectivity index (χ3v) is 10.5. The highest BCUT2D eigenvalue weighted by Gasteiger charge is 2.19. The van der Waals surface area contributed by atoms with Crippen LogP contribution in [-0.2, 0) is 28.6 Å². The molecular formula is C47H90O6. The van der Waals surface area contributed by atoms with Gasteiger partial charge in [-0.15, -0.1) is 0 Å². The van der Waals surface area contributed by atoms with Gasteiger partial charge in [0.05, 0.1) is 0 Å². The average molecular weight is 751 g/mol. The van der Waals surface area contributed by atoms with Crippen LogP contribution in [0.3, 0.4) is 0 Å². The Labute approximate surface area is 329 Å². The molecule has 0 spiro atoms. The number of unbranched alkanes of at least 4 members (excludes halogenated alkanes) is 26. The van der Waals surface area contributed by atoms with Crippen LogP contribution in [0.15, 0.2) is 0 Å². The third-order valence-electron chi connectivity index (χ3n) is 10.5. The molecule has 0 amide bonds. The van der Waals surface area contributed by atoms with Crippen molar-refractivity contribution in [3.8, 4) is 0 Å². The molecule has 53 heavy (non-hydrogen) atoms. The number of carbonyl (C=O) groups excluding carboxylic acids is 3. The maximum Gasteiger partial charge on any atom is 0.306 e. The minimum atomic E-state index is -0.760. The van der Waals surface area contributed by atoms with Crippen LogP contribution < -0.4 is 0 Å². The van der Waals surface area contributed by atoms with Crippen molar-refractivity contribution < 1.29 is 28.6 Å². The molecule has 0 rings (SSSR count). The van der Waals surface area contributed by atoms with Gasteiger partial charge in [-0.05, 0) is 31.1 Å². The van der Waals surface area contributed by atoms with Gasteiger partial charge in [-0.25, -0.2) is 0 Å². The van der Waals surface area contributed by atoms with E-state index >= 15 is 0 Å².